The Balaban J connectivity index is 1.40. The summed E-state index contributed by atoms with van der Waals surface area (Å²) in [5.41, 5.74) is 1.48. The van der Waals surface area contributed by atoms with Crippen molar-refractivity contribution >= 4 is 50.3 Å². The van der Waals surface area contributed by atoms with Crippen LogP contribution in [0.1, 0.15) is 23.2 Å². The summed E-state index contributed by atoms with van der Waals surface area (Å²) in [6.45, 7) is 1.77. The summed E-state index contributed by atoms with van der Waals surface area (Å²) < 4.78 is 36.9. The van der Waals surface area contributed by atoms with Gasteiger partial charge in [-0.05, 0) is 42.8 Å². The summed E-state index contributed by atoms with van der Waals surface area (Å²) in [6, 6.07) is 12.3. The summed E-state index contributed by atoms with van der Waals surface area (Å²) >= 11 is 9.68. The average Bonchev–Trinajstić information content (AvgIpc) is 3.56. The Morgan fingerprint density at radius 2 is 2.00 bits per heavy atom. The van der Waals surface area contributed by atoms with Crippen LogP contribution < -0.4 is 5.32 Å². The van der Waals surface area contributed by atoms with Gasteiger partial charge in [-0.3, -0.25) is 9.48 Å². The first-order chi connectivity index (χ1) is 17.3. The number of anilines is 1. The van der Waals surface area contributed by atoms with Crippen LogP contribution in [0.15, 0.2) is 63.8 Å². The highest BCUT2D eigenvalue weighted by Gasteiger charge is 2.23. The number of alkyl halides is 2. The molecular weight excluding hydrogens is 558 g/mol. The maximum absolute atomic E-state index is 13.9. The van der Waals surface area contributed by atoms with Crippen LogP contribution in [0.25, 0.3) is 22.5 Å². The van der Waals surface area contributed by atoms with Crippen LogP contribution in [0.2, 0.25) is 5.02 Å². The van der Waals surface area contributed by atoms with Crippen LogP contribution in [0.3, 0.4) is 0 Å². The van der Waals surface area contributed by atoms with Crippen molar-refractivity contribution in [3.63, 3.8) is 0 Å². The molecule has 12 heteroatoms. The van der Waals surface area contributed by atoms with E-state index in [4.69, 9.17) is 16.0 Å². The molecule has 0 saturated carbocycles. The number of carbonyl (C=O) groups is 1. The van der Waals surface area contributed by atoms with Crippen molar-refractivity contribution in [3.8, 4) is 11.5 Å². The number of nitrogens with one attached hydrogen (secondary N) is 1. The number of hydrogen-bond donors (Lipinski definition) is 1. The number of benzene rings is 1. The van der Waals surface area contributed by atoms with Crippen LogP contribution in [-0.2, 0) is 17.9 Å². The maximum atomic E-state index is 13.9. The molecule has 0 atom stereocenters. The molecule has 8 nitrogen and oxygen atoms in total. The summed E-state index contributed by atoms with van der Waals surface area (Å²) in [6.07, 6.45) is 0.278. The van der Waals surface area contributed by atoms with Gasteiger partial charge in [0.05, 0.1) is 23.9 Å². The number of carbonyl (C=O) groups excluding carboxylic acids is 1. The van der Waals surface area contributed by atoms with Gasteiger partial charge in [-0.1, -0.05) is 39.7 Å². The molecule has 1 N–H and O–H groups in total. The van der Waals surface area contributed by atoms with Crippen molar-refractivity contribution in [2.24, 2.45) is 0 Å². The lowest BCUT2D eigenvalue weighted by Crippen LogP contribution is -2.20. The van der Waals surface area contributed by atoms with Crippen molar-refractivity contribution in [2.75, 3.05) is 5.32 Å². The van der Waals surface area contributed by atoms with Crippen molar-refractivity contribution in [1.29, 1.82) is 0 Å². The van der Waals surface area contributed by atoms with E-state index in [-0.39, 0.29) is 39.7 Å². The Morgan fingerprint density at radius 3 is 2.69 bits per heavy atom. The average molecular weight is 576 g/mol. The third-order valence-electron chi connectivity index (χ3n) is 5.44. The van der Waals surface area contributed by atoms with Crippen LogP contribution in [0.5, 0.6) is 0 Å². The number of aryl methyl sites for hydroxylation is 1. The Labute approximate surface area is 217 Å². The van der Waals surface area contributed by atoms with E-state index in [9.17, 15) is 13.6 Å². The highest BCUT2D eigenvalue weighted by molar-refractivity contribution is 9.10. The van der Waals surface area contributed by atoms with Gasteiger partial charge in [0.15, 0.2) is 17.2 Å². The van der Waals surface area contributed by atoms with Crippen LogP contribution >= 0.6 is 27.5 Å². The van der Waals surface area contributed by atoms with Gasteiger partial charge in [0, 0.05) is 16.2 Å². The fraction of sp³-hybridized carbons (Fsp3) is 0.167. The second-order valence-electron chi connectivity index (χ2n) is 8.01. The van der Waals surface area contributed by atoms with E-state index in [0.717, 1.165) is 10.0 Å². The van der Waals surface area contributed by atoms with Crippen LogP contribution in [0.4, 0.5) is 14.6 Å². The molecule has 1 amide bonds. The molecule has 1 aromatic carbocycles. The molecular formula is C24H18BrClF2N6O2. The Morgan fingerprint density at radius 1 is 1.22 bits per heavy atom. The number of rotatable bonds is 7. The van der Waals surface area contributed by atoms with Gasteiger partial charge in [-0.25, -0.2) is 18.4 Å². The SMILES string of the molecule is Cc1nn(CC(=O)Nc2nn(Cc3ccc(Br)cc3)cc2Cl)c2nc(-c3ccco3)cc(C(F)F)c12. The lowest BCUT2D eigenvalue weighted by Gasteiger charge is -2.08. The van der Waals surface area contributed by atoms with E-state index in [0.29, 0.717) is 18.0 Å². The first-order valence-electron chi connectivity index (χ1n) is 10.8. The zero-order valence-corrected chi connectivity index (χ0v) is 21.1. The lowest BCUT2D eigenvalue weighted by molar-refractivity contribution is -0.116. The number of halogens is 4. The fourth-order valence-electron chi connectivity index (χ4n) is 3.87. The van der Waals surface area contributed by atoms with Crippen molar-refractivity contribution in [1.82, 2.24) is 24.5 Å². The van der Waals surface area contributed by atoms with Gasteiger partial charge in [0.1, 0.15) is 17.3 Å². The third kappa shape index (κ3) is 4.89. The molecule has 0 aliphatic heterocycles. The molecule has 0 unspecified atom stereocenters. The Kier molecular flexibility index (Phi) is 6.59. The molecule has 0 spiro atoms. The van der Waals surface area contributed by atoms with Gasteiger partial charge in [0.2, 0.25) is 5.91 Å². The molecule has 0 bridgehead atoms. The first kappa shape index (κ1) is 24.1. The number of aromatic nitrogens is 5. The monoisotopic (exact) mass is 574 g/mol. The minimum absolute atomic E-state index is 0.152. The van der Waals surface area contributed by atoms with E-state index in [1.54, 1.807) is 29.9 Å². The van der Waals surface area contributed by atoms with Gasteiger partial charge < -0.3 is 9.73 Å². The minimum Gasteiger partial charge on any atom is -0.463 e. The minimum atomic E-state index is -2.76. The number of hydrogen-bond acceptors (Lipinski definition) is 5. The first-order valence-corrected chi connectivity index (χ1v) is 11.9. The van der Waals surface area contributed by atoms with Gasteiger partial charge in [-0.15, -0.1) is 0 Å². The Hall–Kier alpha value is -3.57. The smallest absolute Gasteiger partial charge is 0.264 e. The molecule has 5 rings (SSSR count). The van der Waals surface area contributed by atoms with Crippen molar-refractivity contribution < 1.29 is 18.0 Å². The standard InChI is InChI=1S/C24H18BrClF2N6O2/c1-13-21-16(22(27)28)9-18(19-3-2-8-36-19)29-24(21)34(31-13)12-20(35)30-23-17(26)11-33(32-23)10-14-4-6-15(25)7-5-14/h2-9,11,22H,10,12H2,1H3,(H,30,32,35). The predicted molar refractivity (Wildman–Crippen MR) is 134 cm³/mol. The number of furan rings is 1. The van der Waals surface area contributed by atoms with Gasteiger partial charge in [0.25, 0.3) is 6.43 Å². The summed E-state index contributed by atoms with van der Waals surface area (Å²) in [4.78, 5) is 17.3. The zero-order valence-electron chi connectivity index (χ0n) is 18.8. The van der Waals surface area contributed by atoms with E-state index in [2.05, 4.69) is 36.4 Å². The topological polar surface area (TPSA) is 90.8 Å². The fourth-order valence-corrected chi connectivity index (χ4v) is 4.33. The second kappa shape index (κ2) is 9.82. The van der Waals surface area contributed by atoms with E-state index < -0.39 is 12.3 Å². The summed E-state index contributed by atoms with van der Waals surface area (Å²) in [7, 11) is 0. The van der Waals surface area contributed by atoms with E-state index >= 15 is 0 Å². The molecule has 0 fully saturated rings. The van der Waals surface area contributed by atoms with Gasteiger partial charge >= 0.3 is 0 Å². The largest absolute Gasteiger partial charge is 0.463 e. The molecule has 184 valence electrons. The molecule has 36 heavy (non-hydrogen) atoms. The van der Waals surface area contributed by atoms with Gasteiger partial charge in [-0.2, -0.15) is 10.2 Å². The Bertz CT molecular complexity index is 1550. The lowest BCUT2D eigenvalue weighted by atomic mass is 10.1. The molecule has 0 aliphatic carbocycles. The number of amides is 1. The van der Waals surface area contributed by atoms with Crippen molar-refractivity contribution in [3.05, 3.63) is 81.2 Å². The number of pyridine rings is 1. The molecule has 0 aliphatic rings. The summed E-state index contributed by atoms with van der Waals surface area (Å²) in [5, 5.41) is 11.8. The molecule has 5 aromatic rings. The highest BCUT2D eigenvalue weighted by atomic mass is 79.9. The molecule has 0 radical (unpaired) electrons. The van der Waals surface area contributed by atoms with Crippen LogP contribution in [-0.4, -0.2) is 30.5 Å². The highest BCUT2D eigenvalue weighted by Crippen LogP contribution is 2.33. The van der Waals surface area contributed by atoms with Crippen LogP contribution in [0, 0.1) is 6.92 Å². The maximum Gasteiger partial charge on any atom is 0.264 e. The normalized spacial score (nSPS) is 11.5. The number of fused-ring (bicyclic) bond motifs is 1. The third-order valence-corrected chi connectivity index (χ3v) is 6.25. The number of nitrogens with zero attached hydrogens (tertiary/aromatic N) is 5. The molecule has 0 saturated heterocycles. The molecule has 4 heterocycles. The molecule has 4 aromatic heterocycles. The second-order valence-corrected chi connectivity index (χ2v) is 9.34. The zero-order chi connectivity index (χ0) is 25.4. The van der Waals surface area contributed by atoms with Crippen molar-refractivity contribution in [2.45, 2.75) is 26.4 Å². The van der Waals surface area contributed by atoms with E-state index in [1.807, 2.05) is 24.3 Å². The van der Waals surface area contributed by atoms with E-state index in [1.165, 1.54) is 17.0 Å². The summed E-state index contributed by atoms with van der Waals surface area (Å²) in [5.74, 6) is 0.0280. The predicted octanol–water partition coefficient (Wildman–Crippen LogP) is 6.24. The quantitative estimate of drug-likeness (QED) is 0.248.